The van der Waals surface area contributed by atoms with Gasteiger partial charge in [-0.25, -0.2) is 4.98 Å². The number of nitrogens with one attached hydrogen (secondary N) is 1. The minimum Gasteiger partial charge on any atom is -0.481 e. The first-order chi connectivity index (χ1) is 8.74. The van der Waals surface area contributed by atoms with Crippen LogP contribution in [0.3, 0.4) is 0 Å². The molecule has 0 saturated carbocycles. The molecule has 0 aliphatic rings. The van der Waals surface area contributed by atoms with Gasteiger partial charge in [0.2, 0.25) is 5.88 Å². The second kappa shape index (κ2) is 8.06. The van der Waals surface area contributed by atoms with Crippen molar-refractivity contribution in [1.29, 1.82) is 0 Å². The average molecular weight is 252 g/mol. The van der Waals surface area contributed by atoms with Crippen LogP contribution in [0.4, 0.5) is 0 Å². The lowest BCUT2D eigenvalue weighted by molar-refractivity contribution is 0.170. The largest absolute Gasteiger partial charge is 0.481 e. The summed E-state index contributed by atoms with van der Waals surface area (Å²) in [6.45, 7) is 6.02. The van der Waals surface area contributed by atoms with E-state index in [1.165, 1.54) is 0 Å². The van der Waals surface area contributed by atoms with Crippen molar-refractivity contribution in [2.24, 2.45) is 5.92 Å². The van der Waals surface area contributed by atoms with Crippen molar-refractivity contribution in [2.45, 2.75) is 26.3 Å². The molecule has 4 nitrogen and oxygen atoms in total. The van der Waals surface area contributed by atoms with Gasteiger partial charge in [0, 0.05) is 31.5 Å². The van der Waals surface area contributed by atoms with Crippen molar-refractivity contribution in [3.63, 3.8) is 0 Å². The molecule has 2 unspecified atom stereocenters. The van der Waals surface area contributed by atoms with Gasteiger partial charge in [-0.1, -0.05) is 19.9 Å². The van der Waals surface area contributed by atoms with Crippen molar-refractivity contribution >= 4 is 0 Å². The van der Waals surface area contributed by atoms with Crippen LogP contribution in [-0.4, -0.2) is 32.4 Å². The number of aromatic nitrogens is 1. The third kappa shape index (κ3) is 3.96. The highest BCUT2D eigenvalue weighted by atomic mass is 16.5. The number of hydrogen-bond acceptors (Lipinski definition) is 4. The van der Waals surface area contributed by atoms with Gasteiger partial charge in [-0.3, -0.25) is 0 Å². The molecule has 0 saturated heterocycles. The zero-order valence-corrected chi connectivity index (χ0v) is 11.8. The van der Waals surface area contributed by atoms with Gasteiger partial charge in [0.1, 0.15) is 0 Å². The molecule has 0 aromatic carbocycles. The van der Waals surface area contributed by atoms with Crippen molar-refractivity contribution in [1.82, 2.24) is 10.3 Å². The summed E-state index contributed by atoms with van der Waals surface area (Å²) in [6.07, 6.45) is 2.76. The molecule has 2 atom stereocenters. The van der Waals surface area contributed by atoms with E-state index in [0.29, 0.717) is 11.8 Å². The SMILES string of the molecule is CCNC(c1cccnc1OC)C(C)CCOC. The lowest BCUT2D eigenvalue weighted by atomic mass is 9.92. The predicted molar refractivity (Wildman–Crippen MR) is 72.9 cm³/mol. The van der Waals surface area contributed by atoms with E-state index in [1.54, 1.807) is 20.4 Å². The number of pyridine rings is 1. The molecule has 0 amide bonds. The summed E-state index contributed by atoms with van der Waals surface area (Å²) in [6, 6.07) is 4.27. The van der Waals surface area contributed by atoms with E-state index in [-0.39, 0.29) is 6.04 Å². The van der Waals surface area contributed by atoms with Gasteiger partial charge in [-0.05, 0) is 24.9 Å². The highest BCUT2D eigenvalue weighted by Gasteiger charge is 2.21. The Labute approximate surface area is 110 Å². The average Bonchev–Trinajstić information content (AvgIpc) is 2.42. The lowest BCUT2D eigenvalue weighted by Crippen LogP contribution is -2.28. The predicted octanol–water partition coefficient (Wildman–Crippen LogP) is 2.41. The van der Waals surface area contributed by atoms with E-state index in [1.807, 2.05) is 6.07 Å². The summed E-state index contributed by atoms with van der Waals surface area (Å²) in [4.78, 5) is 4.27. The van der Waals surface area contributed by atoms with Gasteiger partial charge in [0.25, 0.3) is 0 Å². The molecule has 0 aliphatic carbocycles. The van der Waals surface area contributed by atoms with Crippen LogP contribution in [0.15, 0.2) is 18.3 Å². The molecule has 1 aromatic rings. The first kappa shape index (κ1) is 14.9. The molecule has 0 spiro atoms. The Morgan fingerprint density at radius 2 is 2.17 bits per heavy atom. The highest BCUT2D eigenvalue weighted by Crippen LogP contribution is 2.29. The molecule has 0 fully saturated rings. The number of nitrogens with zero attached hydrogens (tertiary/aromatic N) is 1. The summed E-state index contributed by atoms with van der Waals surface area (Å²) in [5.74, 6) is 1.16. The summed E-state index contributed by atoms with van der Waals surface area (Å²) in [5.41, 5.74) is 1.12. The minimum atomic E-state index is 0.244. The Morgan fingerprint density at radius 1 is 1.39 bits per heavy atom. The van der Waals surface area contributed by atoms with Crippen LogP contribution in [0.5, 0.6) is 5.88 Å². The highest BCUT2D eigenvalue weighted by molar-refractivity contribution is 5.29. The minimum absolute atomic E-state index is 0.244. The van der Waals surface area contributed by atoms with Crippen LogP contribution < -0.4 is 10.1 Å². The number of hydrogen-bond donors (Lipinski definition) is 1. The van der Waals surface area contributed by atoms with Gasteiger partial charge in [0.15, 0.2) is 0 Å². The summed E-state index contributed by atoms with van der Waals surface area (Å²) < 4.78 is 10.5. The number of methoxy groups -OCH3 is 2. The van der Waals surface area contributed by atoms with Crippen LogP contribution in [0.1, 0.15) is 31.9 Å². The molecular weight excluding hydrogens is 228 g/mol. The molecule has 102 valence electrons. The fraction of sp³-hybridized carbons (Fsp3) is 0.643. The van der Waals surface area contributed by atoms with Crippen LogP contribution in [0.2, 0.25) is 0 Å². The molecule has 4 heteroatoms. The smallest absolute Gasteiger partial charge is 0.217 e. The zero-order valence-electron chi connectivity index (χ0n) is 11.8. The van der Waals surface area contributed by atoms with Gasteiger partial charge < -0.3 is 14.8 Å². The van der Waals surface area contributed by atoms with E-state index in [4.69, 9.17) is 9.47 Å². The van der Waals surface area contributed by atoms with Crippen LogP contribution in [0.25, 0.3) is 0 Å². The molecule has 0 aliphatic heterocycles. The second-order valence-electron chi connectivity index (χ2n) is 4.40. The molecule has 0 bridgehead atoms. The fourth-order valence-corrected chi connectivity index (χ4v) is 2.12. The molecule has 1 heterocycles. The maximum Gasteiger partial charge on any atom is 0.217 e. The van der Waals surface area contributed by atoms with E-state index in [9.17, 15) is 0 Å². The zero-order chi connectivity index (χ0) is 13.4. The van der Waals surface area contributed by atoms with Crippen LogP contribution in [0, 0.1) is 5.92 Å². The summed E-state index contributed by atoms with van der Waals surface area (Å²) >= 11 is 0. The maximum absolute atomic E-state index is 5.34. The second-order valence-corrected chi connectivity index (χ2v) is 4.40. The van der Waals surface area contributed by atoms with Crippen molar-refractivity contribution < 1.29 is 9.47 Å². The molecule has 18 heavy (non-hydrogen) atoms. The normalized spacial score (nSPS) is 14.2. The topological polar surface area (TPSA) is 43.4 Å². The Bertz CT molecular complexity index is 344. The molecule has 1 aromatic heterocycles. The Morgan fingerprint density at radius 3 is 2.78 bits per heavy atom. The van der Waals surface area contributed by atoms with Crippen molar-refractivity contribution in [3.8, 4) is 5.88 Å². The van der Waals surface area contributed by atoms with Gasteiger partial charge in [0.05, 0.1) is 7.11 Å². The maximum atomic E-state index is 5.34. The van der Waals surface area contributed by atoms with Gasteiger partial charge in [-0.2, -0.15) is 0 Å². The molecule has 0 radical (unpaired) electrons. The van der Waals surface area contributed by atoms with E-state index >= 15 is 0 Å². The van der Waals surface area contributed by atoms with E-state index < -0.39 is 0 Å². The first-order valence-electron chi connectivity index (χ1n) is 6.45. The first-order valence-corrected chi connectivity index (χ1v) is 6.45. The fourth-order valence-electron chi connectivity index (χ4n) is 2.12. The number of rotatable bonds is 8. The lowest BCUT2D eigenvalue weighted by Gasteiger charge is -2.26. The molecular formula is C14H24N2O2. The van der Waals surface area contributed by atoms with Crippen LogP contribution in [-0.2, 0) is 4.74 Å². The Balaban J connectivity index is 2.88. The third-order valence-electron chi connectivity index (χ3n) is 3.10. The summed E-state index contributed by atoms with van der Waals surface area (Å²) in [5, 5.41) is 3.51. The quantitative estimate of drug-likeness (QED) is 0.771. The Kier molecular flexibility index (Phi) is 6.68. The Hall–Kier alpha value is -1.13. The number of ether oxygens (including phenoxy) is 2. The monoisotopic (exact) mass is 252 g/mol. The molecule has 1 N–H and O–H groups in total. The van der Waals surface area contributed by atoms with E-state index in [2.05, 4.69) is 30.2 Å². The summed E-state index contributed by atoms with van der Waals surface area (Å²) in [7, 11) is 3.40. The third-order valence-corrected chi connectivity index (χ3v) is 3.10. The van der Waals surface area contributed by atoms with E-state index in [0.717, 1.165) is 25.1 Å². The van der Waals surface area contributed by atoms with Crippen molar-refractivity contribution in [2.75, 3.05) is 27.4 Å². The van der Waals surface area contributed by atoms with Crippen molar-refractivity contribution in [3.05, 3.63) is 23.9 Å². The van der Waals surface area contributed by atoms with Gasteiger partial charge in [-0.15, -0.1) is 0 Å². The standard InChI is InChI=1S/C14H24N2O2/c1-5-15-13(11(2)8-10-17-3)12-7-6-9-16-14(12)18-4/h6-7,9,11,13,15H,5,8,10H2,1-4H3. The molecule has 1 rings (SSSR count). The van der Waals surface area contributed by atoms with Crippen LogP contribution >= 0.6 is 0 Å². The van der Waals surface area contributed by atoms with Gasteiger partial charge >= 0.3 is 0 Å².